The van der Waals surface area contributed by atoms with Crippen LogP contribution in [0.3, 0.4) is 0 Å². The maximum atomic E-state index is 12.3. The molecule has 1 aromatic carbocycles. The molecule has 7 nitrogen and oxygen atoms in total. The molecule has 1 aliphatic rings. The molecule has 0 saturated heterocycles. The van der Waals surface area contributed by atoms with Gasteiger partial charge in [0, 0.05) is 41.2 Å². The van der Waals surface area contributed by atoms with Crippen LogP contribution in [0.25, 0.3) is 22.5 Å². The molecular formula is C22H23N3O4. The van der Waals surface area contributed by atoms with Crippen molar-refractivity contribution in [2.75, 3.05) is 7.11 Å². The van der Waals surface area contributed by atoms with Gasteiger partial charge in [0.25, 0.3) is 0 Å². The largest absolute Gasteiger partial charge is 0.496 e. The normalized spacial score (nSPS) is 14.4. The van der Waals surface area contributed by atoms with Crippen LogP contribution in [0.15, 0.2) is 53.4 Å². The standard InChI is InChI=1S/C22H23N3O4/c1-27-21-8-7-18(28-22(26)25-17-5-3-2-4-6-17)12-19(21)15-11-16(14-23-13-15)20-9-10-24-29-20/h7-14,17H,2-6H2,1H3,(H,25,26). The number of hydrogen-bond donors (Lipinski definition) is 1. The number of nitrogens with one attached hydrogen (secondary N) is 1. The highest BCUT2D eigenvalue weighted by atomic mass is 16.6. The third-order valence-corrected chi connectivity index (χ3v) is 5.08. The fourth-order valence-corrected chi connectivity index (χ4v) is 3.61. The van der Waals surface area contributed by atoms with Crippen molar-refractivity contribution in [1.29, 1.82) is 0 Å². The van der Waals surface area contributed by atoms with E-state index in [0.717, 1.165) is 42.4 Å². The molecule has 2 aromatic heterocycles. The fraction of sp³-hybridized carbons (Fsp3) is 0.318. The van der Waals surface area contributed by atoms with Gasteiger partial charge in [-0.05, 0) is 37.1 Å². The van der Waals surface area contributed by atoms with Crippen LogP contribution in [-0.2, 0) is 0 Å². The SMILES string of the molecule is COc1ccc(OC(=O)NC2CCCCC2)cc1-c1cncc(-c2ccno2)c1. The summed E-state index contributed by atoms with van der Waals surface area (Å²) in [6, 6.07) is 9.16. The molecular weight excluding hydrogens is 370 g/mol. The summed E-state index contributed by atoms with van der Waals surface area (Å²) in [4.78, 5) is 16.6. The lowest BCUT2D eigenvalue weighted by Gasteiger charge is -2.22. The predicted molar refractivity (Wildman–Crippen MR) is 108 cm³/mol. The van der Waals surface area contributed by atoms with E-state index in [2.05, 4.69) is 15.5 Å². The first-order chi connectivity index (χ1) is 14.2. The molecule has 1 N–H and O–H groups in total. The van der Waals surface area contributed by atoms with E-state index in [0.29, 0.717) is 17.3 Å². The van der Waals surface area contributed by atoms with Crippen molar-refractivity contribution in [2.45, 2.75) is 38.1 Å². The summed E-state index contributed by atoms with van der Waals surface area (Å²) in [5, 5.41) is 6.70. The maximum absolute atomic E-state index is 12.3. The summed E-state index contributed by atoms with van der Waals surface area (Å²) >= 11 is 0. The molecule has 0 atom stereocenters. The van der Waals surface area contributed by atoms with E-state index in [-0.39, 0.29) is 6.04 Å². The Bertz CT molecular complexity index is 966. The average molecular weight is 393 g/mol. The van der Waals surface area contributed by atoms with Gasteiger partial charge in [0.2, 0.25) is 0 Å². The van der Waals surface area contributed by atoms with E-state index < -0.39 is 6.09 Å². The summed E-state index contributed by atoms with van der Waals surface area (Å²) in [7, 11) is 1.60. The van der Waals surface area contributed by atoms with Crippen LogP contribution in [0.4, 0.5) is 4.79 Å². The summed E-state index contributed by atoms with van der Waals surface area (Å²) < 4.78 is 16.2. The molecule has 3 aromatic rings. The molecule has 1 fully saturated rings. The van der Waals surface area contributed by atoms with Gasteiger partial charge in [0.15, 0.2) is 5.76 Å². The highest BCUT2D eigenvalue weighted by molar-refractivity contribution is 5.77. The molecule has 1 amide bonds. The Morgan fingerprint density at radius 2 is 1.93 bits per heavy atom. The second-order valence-corrected chi connectivity index (χ2v) is 7.07. The second kappa shape index (κ2) is 8.77. The van der Waals surface area contributed by atoms with Crippen molar-refractivity contribution < 1.29 is 18.8 Å². The minimum absolute atomic E-state index is 0.191. The Balaban J connectivity index is 1.55. The van der Waals surface area contributed by atoms with Gasteiger partial charge in [-0.15, -0.1) is 0 Å². The van der Waals surface area contributed by atoms with Gasteiger partial charge in [-0.1, -0.05) is 24.4 Å². The van der Waals surface area contributed by atoms with Crippen LogP contribution in [0.2, 0.25) is 0 Å². The van der Waals surface area contributed by atoms with Crippen molar-refractivity contribution in [3.8, 4) is 33.9 Å². The van der Waals surface area contributed by atoms with Gasteiger partial charge < -0.3 is 19.3 Å². The van der Waals surface area contributed by atoms with Crippen LogP contribution in [-0.4, -0.2) is 29.4 Å². The Morgan fingerprint density at radius 1 is 1.10 bits per heavy atom. The van der Waals surface area contributed by atoms with Crippen molar-refractivity contribution in [3.05, 3.63) is 48.9 Å². The zero-order chi connectivity index (χ0) is 20.1. The zero-order valence-corrected chi connectivity index (χ0v) is 16.3. The number of nitrogens with zero attached hydrogens (tertiary/aromatic N) is 2. The summed E-state index contributed by atoms with van der Waals surface area (Å²) in [5.74, 6) is 1.72. The van der Waals surface area contributed by atoms with E-state index in [1.54, 1.807) is 50.0 Å². The fourth-order valence-electron chi connectivity index (χ4n) is 3.61. The molecule has 7 heteroatoms. The number of benzene rings is 1. The van der Waals surface area contributed by atoms with E-state index in [9.17, 15) is 4.79 Å². The Morgan fingerprint density at radius 3 is 2.69 bits per heavy atom. The first kappa shape index (κ1) is 19.0. The van der Waals surface area contributed by atoms with E-state index in [1.807, 2.05) is 6.07 Å². The lowest BCUT2D eigenvalue weighted by atomic mass is 9.96. The maximum Gasteiger partial charge on any atom is 0.412 e. The molecule has 0 bridgehead atoms. The van der Waals surface area contributed by atoms with Crippen molar-refractivity contribution in [1.82, 2.24) is 15.5 Å². The Kier molecular flexibility index (Phi) is 5.74. The number of amides is 1. The molecule has 2 heterocycles. The van der Waals surface area contributed by atoms with Gasteiger partial charge in [-0.3, -0.25) is 4.98 Å². The van der Waals surface area contributed by atoms with Crippen molar-refractivity contribution >= 4 is 6.09 Å². The molecule has 150 valence electrons. The van der Waals surface area contributed by atoms with Gasteiger partial charge in [-0.25, -0.2) is 4.79 Å². The van der Waals surface area contributed by atoms with E-state index in [4.69, 9.17) is 14.0 Å². The first-order valence-electron chi connectivity index (χ1n) is 9.76. The van der Waals surface area contributed by atoms with Crippen molar-refractivity contribution in [2.24, 2.45) is 0 Å². The Labute approximate surface area is 169 Å². The van der Waals surface area contributed by atoms with Crippen LogP contribution < -0.4 is 14.8 Å². The Hall–Kier alpha value is -3.35. The first-order valence-corrected chi connectivity index (χ1v) is 9.76. The monoisotopic (exact) mass is 393 g/mol. The van der Waals surface area contributed by atoms with Gasteiger partial charge >= 0.3 is 6.09 Å². The number of methoxy groups -OCH3 is 1. The number of carbonyl (C=O) groups excluding carboxylic acids is 1. The van der Waals surface area contributed by atoms with Crippen LogP contribution in [0.5, 0.6) is 11.5 Å². The predicted octanol–water partition coefficient (Wildman–Crippen LogP) is 4.83. The number of ether oxygens (including phenoxy) is 2. The molecule has 4 rings (SSSR count). The molecule has 0 spiro atoms. The molecule has 0 radical (unpaired) electrons. The van der Waals surface area contributed by atoms with Gasteiger partial charge in [-0.2, -0.15) is 0 Å². The summed E-state index contributed by atoms with van der Waals surface area (Å²) in [6.45, 7) is 0. The van der Waals surface area contributed by atoms with Crippen LogP contribution >= 0.6 is 0 Å². The van der Waals surface area contributed by atoms with Gasteiger partial charge in [0.1, 0.15) is 11.5 Å². The summed E-state index contributed by atoms with van der Waals surface area (Å²) in [6.07, 6.45) is 10.1. The molecule has 0 unspecified atom stereocenters. The number of carbonyl (C=O) groups is 1. The number of rotatable bonds is 5. The lowest BCUT2D eigenvalue weighted by Crippen LogP contribution is -2.37. The van der Waals surface area contributed by atoms with Crippen LogP contribution in [0.1, 0.15) is 32.1 Å². The number of aromatic nitrogens is 2. The molecule has 1 aliphatic carbocycles. The van der Waals surface area contributed by atoms with Gasteiger partial charge in [0.05, 0.1) is 13.3 Å². The van der Waals surface area contributed by atoms with Crippen LogP contribution in [0, 0.1) is 0 Å². The smallest absolute Gasteiger partial charge is 0.412 e. The van der Waals surface area contributed by atoms with E-state index in [1.165, 1.54) is 6.42 Å². The number of hydrogen-bond acceptors (Lipinski definition) is 6. The minimum atomic E-state index is -0.429. The molecule has 1 saturated carbocycles. The van der Waals surface area contributed by atoms with E-state index >= 15 is 0 Å². The average Bonchev–Trinajstić information content (AvgIpc) is 3.29. The highest BCUT2D eigenvalue weighted by Gasteiger charge is 2.18. The third kappa shape index (κ3) is 4.56. The van der Waals surface area contributed by atoms with Crippen molar-refractivity contribution in [3.63, 3.8) is 0 Å². The topological polar surface area (TPSA) is 86.5 Å². The number of pyridine rings is 1. The summed E-state index contributed by atoms with van der Waals surface area (Å²) in [5.41, 5.74) is 2.38. The molecule has 29 heavy (non-hydrogen) atoms. The molecule has 0 aliphatic heterocycles. The minimum Gasteiger partial charge on any atom is -0.496 e. The highest BCUT2D eigenvalue weighted by Crippen LogP contribution is 2.35. The third-order valence-electron chi connectivity index (χ3n) is 5.08. The second-order valence-electron chi connectivity index (χ2n) is 7.07. The lowest BCUT2D eigenvalue weighted by molar-refractivity contribution is 0.192. The zero-order valence-electron chi connectivity index (χ0n) is 16.3. The quantitative estimate of drug-likeness (QED) is 0.668.